The van der Waals surface area contributed by atoms with E-state index in [0.29, 0.717) is 23.7 Å². The fraction of sp³-hybridized carbons (Fsp3) is 0.357. The van der Waals surface area contributed by atoms with Crippen molar-refractivity contribution in [1.29, 1.82) is 0 Å². The number of sulfonamides is 1. The number of nitrogens with one attached hydrogen (secondary N) is 1. The average molecular weight is 360 g/mol. The molecule has 0 radical (unpaired) electrons. The second kappa shape index (κ2) is 6.67. The predicted molar refractivity (Wildman–Crippen MR) is 88.0 cm³/mol. The molecule has 0 bridgehead atoms. The van der Waals surface area contributed by atoms with Crippen molar-refractivity contribution in [2.75, 3.05) is 18.9 Å². The third kappa shape index (κ3) is 3.53. The molecule has 1 aromatic carbocycles. The Hall–Kier alpha value is -1.93. The Morgan fingerprint density at radius 1 is 1.26 bits per heavy atom. The standard InChI is InChI=1S/C14H18ClN3O4S/c1-5-18-8-14(9(2)16-18)23(19,20)17-11-6-10(15)12(21-3)7-13(11)22-4/h6-8,17H,5H2,1-4H3. The maximum absolute atomic E-state index is 12.6. The van der Waals surface area contributed by atoms with Crippen LogP contribution in [0, 0.1) is 6.92 Å². The van der Waals surface area contributed by atoms with Gasteiger partial charge in [0.25, 0.3) is 10.0 Å². The van der Waals surface area contributed by atoms with Gasteiger partial charge in [-0.2, -0.15) is 5.10 Å². The summed E-state index contributed by atoms with van der Waals surface area (Å²) in [6.07, 6.45) is 1.48. The highest BCUT2D eigenvalue weighted by atomic mass is 35.5. The number of halogens is 1. The van der Waals surface area contributed by atoms with Gasteiger partial charge in [-0.15, -0.1) is 0 Å². The van der Waals surface area contributed by atoms with Gasteiger partial charge in [-0.1, -0.05) is 11.6 Å². The van der Waals surface area contributed by atoms with Crippen LogP contribution in [0.4, 0.5) is 5.69 Å². The SMILES string of the molecule is CCn1cc(S(=O)(=O)Nc2cc(Cl)c(OC)cc2OC)c(C)n1. The van der Waals surface area contributed by atoms with Gasteiger partial charge in [0.05, 0.1) is 30.6 Å². The van der Waals surface area contributed by atoms with Crippen molar-refractivity contribution < 1.29 is 17.9 Å². The summed E-state index contributed by atoms with van der Waals surface area (Å²) in [7, 11) is -0.918. The molecule has 2 aromatic rings. The summed E-state index contributed by atoms with van der Waals surface area (Å²) >= 11 is 6.06. The first-order valence-electron chi connectivity index (χ1n) is 6.80. The van der Waals surface area contributed by atoms with Crippen LogP contribution in [0.2, 0.25) is 5.02 Å². The Morgan fingerprint density at radius 3 is 2.43 bits per heavy atom. The number of methoxy groups -OCH3 is 2. The van der Waals surface area contributed by atoms with Gasteiger partial charge in [-0.05, 0) is 19.9 Å². The van der Waals surface area contributed by atoms with Crippen LogP contribution in [0.5, 0.6) is 11.5 Å². The van der Waals surface area contributed by atoms with Crippen LogP contribution in [-0.2, 0) is 16.6 Å². The minimum absolute atomic E-state index is 0.105. The van der Waals surface area contributed by atoms with Crippen LogP contribution in [0.15, 0.2) is 23.2 Å². The fourth-order valence-electron chi connectivity index (χ4n) is 2.06. The molecule has 0 aliphatic heterocycles. The highest BCUT2D eigenvalue weighted by Crippen LogP contribution is 2.37. The van der Waals surface area contributed by atoms with Crippen molar-refractivity contribution in [2.24, 2.45) is 0 Å². The van der Waals surface area contributed by atoms with E-state index >= 15 is 0 Å². The van der Waals surface area contributed by atoms with E-state index in [4.69, 9.17) is 21.1 Å². The van der Waals surface area contributed by atoms with E-state index in [0.717, 1.165) is 0 Å². The largest absolute Gasteiger partial charge is 0.495 e. The number of ether oxygens (including phenoxy) is 2. The minimum atomic E-state index is -3.81. The van der Waals surface area contributed by atoms with E-state index in [1.165, 1.54) is 32.5 Å². The Balaban J connectivity index is 2.44. The Morgan fingerprint density at radius 2 is 1.91 bits per heavy atom. The van der Waals surface area contributed by atoms with Gasteiger partial charge < -0.3 is 9.47 Å². The number of aromatic nitrogens is 2. The van der Waals surface area contributed by atoms with Crippen LogP contribution in [0.25, 0.3) is 0 Å². The van der Waals surface area contributed by atoms with E-state index in [2.05, 4.69) is 9.82 Å². The highest BCUT2D eigenvalue weighted by molar-refractivity contribution is 7.92. The zero-order valence-electron chi connectivity index (χ0n) is 13.3. The van der Waals surface area contributed by atoms with Gasteiger partial charge in [0.2, 0.25) is 0 Å². The van der Waals surface area contributed by atoms with E-state index in [1.54, 1.807) is 11.6 Å². The molecule has 9 heteroatoms. The Bertz CT molecular complexity index is 818. The molecule has 1 N–H and O–H groups in total. The van der Waals surface area contributed by atoms with E-state index in [1.807, 2.05) is 6.92 Å². The van der Waals surface area contributed by atoms with Crippen LogP contribution in [0.3, 0.4) is 0 Å². The van der Waals surface area contributed by atoms with E-state index in [-0.39, 0.29) is 15.6 Å². The number of anilines is 1. The first-order chi connectivity index (χ1) is 10.8. The predicted octanol–water partition coefficient (Wildman–Crippen LogP) is 2.68. The van der Waals surface area contributed by atoms with Crippen LogP contribution in [-0.4, -0.2) is 32.4 Å². The summed E-state index contributed by atoms with van der Waals surface area (Å²) in [5.41, 5.74) is 0.639. The number of hydrogen-bond donors (Lipinski definition) is 1. The van der Waals surface area contributed by atoms with Crippen molar-refractivity contribution in [1.82, 2.24) is 9.78 Å². The van der Waals surface area contributed by atoms with Crippen LogP contribution in [0.1, 0.15) is 12.6 Å². The molecule has 0 saturated carbocycles. The molecule has 0 amide bonds. The maximum Gasteiger partial charge on any atom is 0.265 e. The first-order valence-corrected chi connectivity index (χ1v) is 8.66. The third-order valence-corrected chi connectivity index (χ3v) is 5.00. The second-order valence-electron chi connectivity index (χ2n) is 4.73. The zero-order valence-corrected chi connectivity index (χ0v) is 14.8. The lowest BCUT2D eigenvalue weighted by Gasteiger charge is -2.13. The summed E-state index contributed by atoms with van der Waals surface area (Å²) in [5, 5.41) is 4.42. The molecule has 23 heavy (non-hydrogen) atoms. The van der Waals surface area contributed by atoms with Crippen molar-refractivity contribution in [3.63, 3.8) is 0 Å². The summed E-state index contributed by atoms with van der Waals surface area (Å²) in [4.78, 5) is 0.105. The molecule has 7 nitrogen and oxygen atoms in total. The monoisotopic (exact) mass is 359 g/mol. The van der Waals surface area contributed by atoms with Crippen LogP contribution < -0.4 is 14.2 Å². The lowest BCUT2D eigenvalue weighted by Crippen LogP contribution is -2.14. The molecule has 2 rings (SSSR count). The molecular formula is C14H18ClN3O4S. The number of rotatable bonds is 6. The zero-order chi connectivity index (χ0) is 17.2. The Labute approximate surface area is 140 Å². The quantitative estimate of drug-likeness (QED) is 0.857. The number of nitrogens with zero attached hydrogens (tertiary/aromatic N) is 2. The molecule has 0 unspecified atom stereocenters. The molecule has 0 atom stereocenters. The highest BCUT2D eigenvalue weighted by Gasteiger charge is 2.22. The molecule has 0 aliphatic carbocycles. The molecule has 126 valence electrons. The fourth-order valence-corrected chi connectivity index (χ4v) is 3.55. The molecule has 0 saturated heterocycles. The topological polar surface area (TPSA) is 82.5 Å². The number of hydrogen-bond acceptors (Lipinski definition) is 5. The van der Waals surface area contributed by atoms with Gasteiger partial charge in [0, 0.05) is 18.8 Å². The van der Waals surface area contributed by atoms with Crippen molar-refractivity contribution in [2.45, 2.75) is 25.3 Å². The lowest BCUT2D eigenvalue weighted by atomic mass is 10.3. The number of aryl methyl sites for hydroxylation is 2. The summed E-state index contributed by atoms with van der Waals surface area (Å²) < 4.78 is 39.5. The van der Waals surface area contributed by atoms with Gasteiger partial charge in [-0.25, -0.2) is 8.42 Å². The average Bonchev–Trinajstić information content (AvgIpc) is 2.89. The summed E-state index contributed by atoms with van der Waals surface area (Å²) in [6.45, 7) is 4.09. The van der Waals surface area contributed by atoms with Crippen LogP contribution >= 0.6 is 11.6 Å². The summed E-state index contributed by atoms with van der Waals surface area (Å²) in [5.74, 6) is 0.691. The molecular weight excluding hydrogens is 342 g/mol. The smallest absolute Gasteiger partial charge is 0.265 e. The van der Waals surface area contributed by atoms with Gasteiger partial charge >= 0.3 is 0 Å². The second-order valence-corrected chi connectivity index (χ2v) is 6.79. The molecule has 0 spiro atoms. The van der Waals surface area contributed by atoms with Crippen molar-refractivity contribution in [3.05, 3.63) is 29.0 Å². The van der Waals surface area contributed by atoms with Gasteiger partial charge in [-0.3, -0.25) is 9.40 Å². The third-order valence-electron chi connectivity index (χ3n) is 3.23. The Kier molecular flexibility index (Phi) is 5.06. The first kappa shape index (κ1) is 17.4. The lowest BCUT2D eigenvalue weighted by molar-refractivity contribution is 0.396. The van der Waals surface area contributed by atoms with E-state index in [9.17, 15) is 8.42 Å². The molecule has 0 aliphatic rings. The van der Waals surface area contributed by atoms with E-state index < -0.39 is 10.0 Å². The van der Waals surface area contributed by atoms with Gasteiger partial charge in [0.1, 0.15) is 16.4 Å². The minimum Gasteiger partial charge on any atom is -0.495 e. The van der Waals surface area contributed by atoms with Crippen molar-refractivity contribution in [3.8, 4) is 11.5 Å². The molecule has 1 heterocycles. The maximum atomic E-state index is 12.6. The normalized spacial score (nSPS) is 11.3. The van der Waals surface area contributed by atoms with Crippen molar-refractivity contribution >= 4 is 27.3 Å². The molecule has 1 aromatic heterocycles. The number of benzene rings is 1. The molecule has 0 fully saturated rings. The summed E-state index contributed by atoms with van der Waals surface area (Å²) in [6, 6.07) is 2.96. The van der Waals surface area contributed by atoms with Gasteiger partial charge in [0.15, 0.2) is 0 Å².